The van der Waals surface area contributed by atoms with Gasteiger partial charge in [0, 0.05) is 31.1 Å². The maximum absolute atomic E-state index is 14.2. The number of phenolic OH excluding ortho intramolecular Hbond substituents is 1. The Bertz CT molecular complexity index is 946. The van der Waals surface area contributed by atoms with E-state index in [1.807, 2.05) is 6.07 Å². The van der Waals surface area contributed by atoms with E-state index < -0.39 is 12.0 Å². The summed E-state index contributed by atoms with van der Waals surface area (Å²) in [6.07, 6.45) is 8.32. The number of aromatic nitrogens is 4. The molecule has 3 aromatic rings. The van der Waals surface area contributed by atoms with Crippen LogP contribution in [0.25, 0.3) is 16.9 Å². The van der Waals surface area contributed by atoms with Crippen LogP contribution < -0.4 is 10.2 Å². The molecule has 1 aromatic carbocycles. The number of hydrogen-bond acceptors (Lipinski definition) is 6. The molecule has 2 N–H and O–H groups in total. The lowest BCUT2D eigenvalue weighted by atomic mass is 10.0. The second-order valence-corrected chi connectivity index (χ2v) is 6.78. The Morgan fingerprint density at radius 2 is 2.14 bits per heavy atom. The van der Waals surface area contributed by atoms with Gasteiger partial charge < -0.3 is 19.9 Å². The van der Waals surface area contributed by atoms with Crippen molar-refractivity contribution >= 4 is 5.82 Å². The van der Waals surface area contributed by atoms with Crippen LogP contribution in [0.3, 0.4) is 0 Å². The quantitative estimate of drug-likeness (QED) is 0.717. The molecular formula is C19H20F2N6O. The fraction of sp³-hybridized carbons (Fsp3) is 0.316. The molecule has 3 heterocycles. The zero-order valence-corrected chi connectivity index (χ0v) is 15.3. The monoisotopic (exact) mass is 386 g/mol. The first kappa shape index (κ1) is 18.3. The van der Waals surface area contributed by atoms with E-state index in [0.717, 1.165) is 5.69 Å². The van der Waals surface area contributed by atoms with Gasteiger partial charge in [0.2, 0.25) is 0 Å². The topological polar surface area (TPSA) is 79.1 Å². The minimum atomic E-state index is -2.84. The van der Waals surface area contributed by atoms with Crippen molar-refractivity contribution < 1.29 is 13.9 Å². The molecule has 0 unspecified atom stereocenters. The summed E-state index contributed by atoms with van der Waals surface area (Å²) in [5.41, 5.74) is 1.73. The van der Waals surface area contributed by atoms with E-state index in [0.29, 0.717) is 30.0 Å². The van der Waals surface area contributed by atoms with E-state index in [-0.39, 0.29) is 12.3 Å². The molecular weight excluding hydrogens is 366 g/mol. The first-order chi connectivity index (χ1) is 13.5. The Hall–Kier alpha value is -3.07. The van der Waals surface area contributed by atoms with Crippen LogP contribution in [0.1, 0.15) is 6.42 Å². The van der Waals surface area contributed by atoms with E-state index in [1.54, 1.807) is 42.5 Å². The summed E-state index contributed by atoms with van der Waals surface area (Å²) in [7, 11) is 1.60. The lowest BCUT2D eigenvalue weighted by molar-refractivity contribution is -0.0402. The van der Waals surface area contributed by atoms with Gasteiger partial charge in [0.25, 0.3) is 5.92 Å². The van der Waals surface area contributed by atoms with E-state index in [1.165, 1.54) is 17.3 Å². The maximum atomic E-state index is 14.2. The summed E-state index contributed by atoms with van der Waals surface area (Å²) in [5.74, 6) is -2.43. The second-order valence-electron chi connectivity index (χ2n) is 6.78. The molecule has 1 aliphatic heterocycles. The van der Waals surface area contributed by atoms with Gasteiger partial charge in [-0.2, -0.15) is 0 Å². The average molecular weight is 386 g/mol. The molecule has 1 aliphatic rings. The number of anilines is 1. The predicted octanol–water partition coefficient (Wildman–Crippen LogP) is 2.47. The molecule has 0 radical (unpaired) electrons. The smallest absolute Gasteiger partial charge is 0.280 e. The summed E-state index contributed by atoms with van der Waals surface area (Å²) in [5, 5.41) is 13.1. The fourth-order valence-electron chi connectivity index (χ4n) is 3.41. The third-order valence-corrected chi connectivity index (χ3v) is 4.97. The van der Waals surface area contributed by atoms with Crippen LogP contribution in [0.5, 0.6) is 5.75 Å². The Kier molecular flexibility index (Phi) is 4.68. The molecule has 7 nitrogen and oxygen atoms in total. The number of piperidine rings is 1. The molecule has 28 heavy (non-hydrogen) atoms. The van der Waals surface area contributed by atoms with Gasteiger partial charge in [-0.3, -0.25) is 4.98 Å². The van der Waals surface area contributed by atoms with Gasteiger partial charge in [-0.15, -0.1) is 0 Å². The first-order valence-corrected chi connectivity index (χ1v) is 8.91. The standard InChI is InChI=1S/C19H20F2N6O/c1-26(17-4-5-22-11-19(17,20)21)18-10-24-15(9-25-18)14-3-2-13(8-16(14)28)27-7-6-23-12-27/h2-3,6-10,12,17,22,28H,4-5,11H2,1H3/t17-/m1/s1. The molecule has 9 heteroatoms. The number of hydrogen-bond donors (Lipinski definition) is 2. The SMILES string of the molecule is CN(c1cnc(-c2ccc(-n3ccnc3)cc2O)cn1)[C@@H]1CCNCC1(F)F. The molecule has 0 spiro atoms. The van der Waals surface area contributed by atoms with Crippen LogP contribution in [0.4, 0.5) is 14.6 Å². The number of phenols is 1. The van der Waals surface area contributed by atoms with Gasteiger partial charge in [0.15, 0.2) is 0 Å². The molecule has 1 atom stereocenters. The molecule has 0 bridgehead atoms. The first-order valence-electron chi connectivity index (χ1n) is 8.91. The van der Waals surface area contributed by atoms with Gasteiger partial charge in [-0.25, -0.2) is 18.7 Å². The number of halogens is 2. The van der Waals surface area contributed by atoms with Crippen LogP contribution in [0.2, 0.25) is 0 Å². The molecule has 146 valence electrons. The number of alkyl halides is 2. The van der Waals surface area contributed by atoms with E-state index in [9.17, 15) is 13.9 Å². The van der Waals surface area contributed by atoms with Gasteiger partial charge in [-0.1, -0.05) is 0 Å². The third-order valence-electron chi connectivity index (χ3n) is 4.97. The minimum Gasteiger partial charge on any atom is -0.507 e. The highest BCUT2D eigenvalue weighted by Gasteiger charge is 2.44. The number of nitrogens with one attached hydrogen (secondary N) is 1. The lowest BCUT2D eigenvalue weighted by Crippen LogP contribution is -2.56. The average Bonchev–Trinajstić information content (AvgIpc) is 3.22. The van der Waals surface area contributed by atoms with Crippen LogP contribution in [-0.4, -0.2) is 56.7 Å². The number of rotatable bonds is 4. The van der Waals surface area contributed by atoms with Crippen molar-refractivity contribution in [3.63, 3.8) is 0 Å². The van der Waals surface area contributed by atoms with Gasteiger partial charge in [0.05, 0.1) is 42.7 Å². The number of aromatic hydroxyl groups is 1. The molecule has 2 aromatic heterocycles. The summed E-state index contributed by atoms with van der Waals surface area (Å²) >= 11 is 0. The largest absolute Gasteiger partial charge is 0.507 e. The molecule has 1 saturated heterocycles. The van der Waals surface area contributed by atoms with E-state index in [2.05, 4.69) is 20.3 Å². The normalized spacial score (nSPS) is 18.8. The van der Waals surface area contributed by atoms with Crippen molar-refractivity contribution in [2.45, 2.75) is 18.4 Å². The van der Waals surface area contributed by atoms with Crippen LogP contribution in [0, 0.1) is 0 Å². The Morgan fingerprint density at radius 1 is 1.29 bits per heavy atom. The van der Waals surface area contributed by atoms with Gasteiger partial charge in [0.1, 0.15) is 11.6 Å². The van der Waals surface area contributed by atoms with Crippen molar-refractivity contribution in [2.75, 3.05) is 25.0 Å². The molecule has 0 saturated carbocycles. The van der Waals surface area contributed by atoms with Crippen molar-refractivity contribution in [2.24, 2.45) is 0 Å². The molecule has 0 amide bonds. The summed E-state index contributed by atoms with van der Waals surface area (Å²) < 4.78 is 30.1. The van der Waals surface area contributed by atoms with Crippen LogP contribution >= 0.6 is 0 Å². The Morgan fingerprint density at radius 3 is 2.79 bits per heavy atom. The Labute approximate surface area is 160 Å². The minimum absolute atomic E-state index is 0.0477. The summed E-state index contributed by atoms with van der Waals surface area (Å²) in [4.78, 5) is 14.1. The highest BCUT2D eigenvalue weighted by Crippen LogP contribution is 2.32. The van der Waals surface area contributed by atoms with Crippen molar-refractivity contribution in [3.05, 3.63) is 49.3 Å². The van der Waals surface area contributed by atoms with E-state index >= 15 is 0 Å². The number of imidazole rings is 1. The highest BCUT2D eigenvalue weighted by molar-refractivity contribution is 5.68. The van der Waals surface area contributed by atoms with E-state index in [4.69, 9.17) is 0 Å². The Balaban J connectivity index is 1.56. The second kappa shape index (κ2) is 7.16. The molecule has 0 aliphatic carbocycles. The molecule has 1 fully saturated rings. The highest BCUT2D eigenvalue weighted by atomic mass is 19.3. The number of benzene rings is 1. The van der Waals surface area contributed by atoms with Crippen LogP contribution in [0.15, 0.2) is 49.3 Å². The molecule has 4 rings (SSSR count). The maximum Gasteiger partial charge on any atom is 0.280 e. The summed E-state index contributed by atoms with van der Waals surface area (Å²) in [6, 6.07) is 4.23. The van der Waals surface area contributed by atoms with Gasteiger partial charge >= 0.3 is 0 Å². The van der Waals surface area contributed by atoms with Crippen molar-refractivity contribution in [1.82, 2.24) is 24.8 Å². The van der Waals surface area contributed by atoms with Crippen molar-refractivity contribution in [1.29, 1.82) is 0 Å². The third kappa shape index (κ3) is 3.40. The lowest BCUT2D eigenvalue weighted by Gasteiger charge is -2.38. The van der Waals surface area contributed by atoms with Gasteiger partial charge in [-0.05, 0) is 25.1 Å². The fourth-order valence-corrected chi connectivity index (χ4v) is 3.41. The zero-order chi connectivity index (χ0) is 19.7. The van der Waals surface area contributed by atoms with Crippen molar-refractivity contribution in [3.8, 4) is 22.7 Å². The predicted molar refractivity (Wildman–Crippen MR) is 101 cm³/mol. The zero-order valence-electron chi connectivity index (χ0n) is 15.3. The van der Waals surface area contributed by atoms with Crippen LogP contribution in [-0.2, 0) is 0 Å². The summed E-state index contributed by atoms with van der Waals surface area (Å²) in [6.45, 7) is 0.192. The number of nitrogens with zero attached hydrogens (tertiary/aromatic N) is 5.